The van der Waals surface area contributed by atoms with Gasteiger partial charge in [-0.15, -0.1) is 0 Å². The highest BCUT2D eigenvalue weighted by Crippen LogP contribution is 2.47. The van der Waals surface area contributed by atoms with Crippen LogP contribution in [0.15, 0.2) is 0 Å². The Bertz CT molecular complexity index is 378. The number of rotatable bonds is 1. The Kier molecular flexibility index (Phi) is 3.08. The number of methoxy groups -OCH3 is 1. The minimum absolute atomic E-state index is 0.216. The molecule has 102 valence electrons. The summed E-state index contributed by atoms with van der Waals surface area (Å²) < 4.78 is 9.42. The first-order chi connectivity index (χ1) is 8.32. The predicted octanol–water partition coefficient (Wildman–Crippen LogP) is -1.95. The van der Waals surface area contributed by atoms with Crippen LogP contribution >= 0.6 is 0 Å². The Labute approximate surface area is 103 Å². The van der Waals surface area contributed by atoms with Gasteiger partial charge >= 0.3 is 11.9 Å². The fraction of sp³-hybridized carbons (Fsp3) is 0.818. The van der Waals surface area contributed by atoms with E-state index in [1.54, 1.807) is 0 Å². The van der Waals surface area contributed by atoms with E-state index in [0.29, 0.717) is 0 Å². The summed E-state index contributed by atoms with van der Waals surface area (Å²) in [5.41, 5.74) is -1.83. The molecule has 1 aliphatic carbocycles. The van der Waals surface area contributed by atoms with E-state index in [1.165, 1.54) is 14.0 Å². The smallest absolute Gasteiger partial charge is 0.312 e. The quantitative estimate of drug-likeness (QED) is 0.470. The standard InChI is InChI=1S/C11H16O7/c1-11(16)6-5(7(12)8(11)13)4(9(14)17-2)3-18-10(6)15/h4-8,12-13,16H,3H2,1-2H3/t4-,5+,6+,7+,8-,11-/m0/s1. The molecule has 0 unspecified atom stereocenters. The number of hydrogen-bond donors (Lipinski definition) is 3. The van der Waals surface area contributed by atoms with E-state index in [0.717, 1.165) is 0 Å². The zero-order chi connectivity index (χ0) is 13.7. The Morgan fingerprint density at radius 3 is 2.67 bits per heavy atom. The van der Waals surface area contributed by atoms with Gasteiger partial charge in [0.2, 0.25) is 0 Å². The van der Waals surface area contributed by atoms with Crippen LogP contribution in [0.4, 0.5) is 0 Å². The second-order valence-corrected chi connectivity index (χ2v) is 4.98. The first kappa shape index (κ1) is 13.3. The van der Waals surface area contributed by atoms with Crippen LogP contribution in [0.1, 0.15) is 6.92 Å². The van der Waals surface area contributed by atoms with Crippen molar-refractivity contribution in [1.82, 2.24) is 0 Å². The number of ether oxygens (including phenoxy) is 2. The highest BCUT2D eigenvalue weighted by Gasteiger charge is 2.65. The summed E-state index contributed by atoms with van der Waals surface area (Å²) in [6.07, 6.45) is -2.88. The molecule has 1 saturated heterocycles. The van der Waals surface area contributed by atoms with Crippen LogP contribution in [-0.2, 0) is 19.1 Å². The molecule has 0 aromatic carbocycles. The van der Waals surface area contributed by atoms with Gasteiger partial charge in [-0.3, -0.25) is 9.59 Å². The van der Waals surface area contributed by atoms with Crippen molar-refractivity contribution in [2.75, 3.05) is 13.7 Å². The lowest BCUT2D eigenvalue weighted by molar-refractivity contribution is -0.179. The second kappa shape index (κ2) is 4.18. The van der Waals surface area contributed by atoms with Crippen LogP contribution < -0.4 is 0 Å². The van der Waals surface area contributed by atoms with E-state index < -0.39 is 47.5 Å². The summed E-state index contributed by atoms with van der Waals surface area (Å²) in [5.74, 6) is -4.28. The number of aliphatic hydroxyl groups is 3. The molecule has 2 rings (SSSR count). The Morgan fingerprint density at radius 1 is 1.50 bits per heavy atom. The van der Waals surface area contributed by atoms with Crippen molar-refractivity contribution in [3.05, 3.63) is 0 Å². The Hall–Kier alpha value is -1.18. The van der Waals surface area contributed by atoms with Gasteiger partial charge < -0.3 is 24.8 Å². The molecule has 7 nitrogen and oxygen atoms in total. The van der Waals surface area contributed by atoms with E-state index in [-0.39, 0.29) is 6.61 Å². The average Bonchev–Trinajstić information content (AvgIpc) is 2.51. The zero-order valence-corrected chi connectivity index (χ0v) is 10.1. The normalized spacial score (nSPS) is 47.4. The van der Waals surface area contributed by atoms with Crippen LogP contribution in [0.2, 0.25) is 0 Å². The number of aliphatic hydroxyl groups excluding tert-OH is 2. The molecule has 0 bridgehead atoms. The molecule has 2 fully saturated rings. The van der Waals surface area contributed by atoms with E-state index in [2.05, 4.69) is 4.74 Å². The molecule has 18 heavy (non-hydrogen) atoms. The number of hydrogen-bond acceptors (Lipinski definition) is 7. The third-order valence-corrected chi connectivity index (χ3v) is 3.96. The Morgan fingerprint density at radius 2 is 2.11 bits per heavy atom. The molecule has 2 aliphatic rings. The van der Waals surface area contributed by atoms with Crippen molar-refractivity contribution in [2.45, 2.75) is 24.7 Å². The van der Waals surface area contributed by atoms with Crippen LogP contribution in [0.3, 0.4) is 0 Å². The fourth-order valence-electron chi connectivity index (χ4n) is 2.94. The van der Waals surface area contributed by atoms with Crippen molar-refractivity contribution in [1.29, 1.82) is 0 Å². The van der Waals surface area contributed by atoms with E-state index >= 15 is 0 Å². The van der Waals surface area contributed by atoms with Crippen molar-refractivity contribution in [3.63, 3.8) is 0 Å². The minimum atomic E-state index is -1.83. The third-order valence-electron chi connectivity index (χ3n) is 3.96. The molecular formula is C11H16O7. The molecule has 0 spiro atoms. The van der Waals surface area contributed by atoms with E-state index in [9.17, 15) is 24.9 Å². The van der Waals surface area contributed by atoms with Gasteiger partial charge in [0.15, 0.2) is 0 Å². The molecular weight excluding hydrogens is 244 g/mol. The molecule has 1 saturated carbocycles. The van der Waals surface area contributed by atoms with Gasteiger partial charge in [0, 0.05) is 5.92 Å². The fourth-order valence-corrected chi connectivity index (χ4v) is 2.94. The van der Waals surface area contributed by atoms with E-state index in [1.807, 2.05) is 0 Å². The lowest BCUT2D eigenvalue weighted by atomic mass is 9.77. The van der Waals surface area contributed by atoms with Crippen LogP contribution in [0.5, 0.6) is 0 Å². The molecule has 6 atom stereocenters. The van der Waals surface area contributed by atoms with Gasteiger partial charge in [-0.2, -0.15) is 0 Å². The summed E-state index contributed by atoms with van der Waals surface area (Å²) in [6.45, 7) is 1.03. The minimum Gasteiger partial charge on any atom is -0.469 e. The number of cyclic esters (lactones) is 1. The van der Waals surface area contributed by atoms with E-state index in [4.69, 9.17) is 4.74 Å². The molecule has 1 aliphatic heterocycles. The maximum absolute atomic E-state index is 11.7. The largest absolute Gasteiger partial charge is 0.469 e. The highest BCUT2D eigenvalue weighted by molar-refractivity contribution is 5.81. The third kappa shape index (κ3) is 1.62. The number of fused-ring (bicyclic) bond motifs is 1. The van der Waals surface area contributed by atoms with Gasteiger partial charge in [-0.1, -0.05) is 0 Å². The molecule has 7 heteroatoms. The summed E-state index contributed by atoms with van der Waals surface area (Å²) in [7, 11) is 1.18. The van der Waals surface area contributed by atoms with Gasteiger partial charge in [0.05, 0.1) is 25.0 Å². The van der Waals surface area contributed by atoms with Crippen molar-refractivity contribution < 1.29 is 34.4 Å². The van der Waals surface area contributed by atoms with Crippen LogP contribution in [0, 0.1) is 17.8 Å². The van der Waals surface area contributed by atoms with Crippen molar-refractivity contribution in [2.24, 2.45) is 17.8 Å². The molecule has 0 aromatic heterocycles. The SMILES string of the molecule is COC(=O)[C@H]1COC(=O)[C@H]2[C@@H]1[C@@H](O)[C@H](O)[C@@]2(C)O. The summed E-state index contributed by atoms with van der Waals surface area (Å²) in [6, 6.07) is 0. The first-order valence-corrected chi connectivity index (χ1v) is 5.65. The summed E-state index contributed by atoms with van der Waals surface area (Å²) in [5, 5.41) is 29.8. The highest BCUT2D eigenvalue weighted by atomic mass is 16.6. The topological polar surface area (TPSA) is 113 Å². The lowest BCUT2D eigenvalue weighted by Crippen LogP contribution is -2.50. The van der Waals surface area contributed by atoms with Crippen molar-refractivity contribution in [3.8, 4) is 0 Å². The predicted molar refractivity (Wildman–Crippen MR) is 56.1 cm³/mol. The maximum Gasteiger partial charge on any atom is 0.312 e. The summed E-state index contributed by atoms with van der Waals surface area (Å²) in [4.78, 5) is 23.3. The van der Waals surface area contributed by atoms with Crippen LogP contribution in [0.25, 0.3) is 0 Å². The average molecular weight is 260 g/mol. The first-order valence-electron chi connectivity index (χ1n) is 5.65. The van der Waals surface area contributed by atoms with Gasteiger partial charge in [0.25, 0.3) is 0 Å². The molecule has 0 aromatic rings. The van der Waals surface area contributed by atoms with Crippen LogP contribution in [-0.4, -0.2) is 58.8 Å². The monoisotopic (exact) mass is 260 g/mol. The van der Waals surface area contributed by atoms with Gasteiger partial charge in [-0.05, 0) is 6.92 Å². The number of carbonyl (C=O) groups is 2. The lowest BCUT2D eigenvalue weighted by Gasteiger charge is -2.35. The number of carbonyl (C=O) groups excluding carboxylic acids is 2. The molecule has 3 N–H and O–H groups in total. The Balaban J connectivity index is 2.39. The zero-order valence-electron chi connectivity index (χ0n) is 10.1. The maximum atomic E-state index is 11.7. The second-order valence-electron chi connectivity index (χ2n) is 4.98. The molecule has 1 heterocycles. The molecule has 0 amide bonds. The number of esters is 2. The van der Waals surface area contributed by atoms with Gasteiger partial charge in [0.1, 0.15) is 18.3 Å². The van der Waals surface area contributed by atoms with Crippen molar-refractivity contribution >= 4 is 11.9 Å². The summed E-state index contributed by atoms with van der Waals surface area (Å²) >= 11 is 0. The van der Waals surface area contributed by atoms with Gasteiger partial charge in [-0.25, -0.2) is 0 Å². The molecule has 0 radical (unpaired) electrons.